The van der Waals surface area contributed by atoms with Crippen LogP contribution >= 0.6 is 0 Å². The third-order valence-corrected chi connectivity index (χ3v) is 3.69. The first-order chi connectivity index (χ1) is 11.7. The van der Waals surface area contributed by atoms with Crippen molar-refractivity contribution in [1.82, 2.24) is 24.3 Å². The van der Waals surface area contributed by atoms with E-state index in [1.165, 1.54) is 12.3 Å². The van der Waals surface area contributed by atoms with E-state index in [0.717, 1.165) is 11.3 Å². The number of nitrogen functional groups attached to an aromatic ring is 1. The van der Waals surface area contributed by atoms with E-state index in [1.807, 2.05) is 18.2 Å². The van der Waals surface area contributed by atoms with Gasteiger partial charge in [0.25, 0.3) is 0 Å². The van der Waals surface area contributed by atoms with Crippen molar-refractivity contribution in [1.29, 1.82) is 0 Å². The molecule has 7 heteroatoms. The molecule has 0 unspecified atom stereocenters. The number of fused-ring (bicyclic) bond motifs is 1. The average Bonchev–Trinajstić information content (AvgIpc) is 3.00. The molecule has 0 radical (unpaired) electrons. The number of hydrogen-bond donors (Lipinski definition) is 1. The van der Waals surface area contributed by atoms with Crippen LogP contribution in [0.25, 0.3) is 17.2 Å². The fraction of sp³-hybridized carbons (Fsp3) is 0.0588. The standard InChI is InChI=1S/C17H13FN6/c18-12-4-5-15-21-9-14(24(15)10-12)17-22-8-11(16(19)23-17)7-13-3-1-2-6-20-13/h1-6,8-10H,7H2,(H2,19,22,23). The average molecular weight is 320 g/mol. The van der Waals surface area contributed by atoms with E-state index in [1.54, 1.807) is 29.1 Å². The van der Waals surface area contributed by atoms with E-state index in [2.05, 4.69) is 19.9 Å². The Hall–Kier alpha value is -3.35. The quantitative estimate of drug-likeness (QED) is 0.627. The number of halogens is 1. The van der Waals surface area contributed by atoms with Crippen LogP contribution in [0.1, 0.15) is 11.3 Å². The molecule has 0 amide bonds. The molecular formula is C17H13FN6. The van der Waals surface area contributed by atoms with Crippen molar-refractivity contribution in [3.05, 3.63) is 72.2 Å². The van der Waals surface area contributed by atoms with Crippen molar-refractivity contribution in [3.63, 3.8) is 0 Å². The highest BCUT2D eigenvalue weighted by Gasteiger charge is 2.12. The summed E-state index contributed by atoms with van der Waals surface area (Å²) in [4.78, 5) is 17.2. The highest BCUT2D eigenvalue weighted by atomic mass is 19.1. The van der Waals surface area contributed by atoms with Gasteiger partial charge in [-0.25, -0.2) is 19.3 Å². The molecule has 4 heterocycles. The predicted molar refractivity (Wildman–Crippen MR) is 87.6 cm³/mol. The molecule has 0 spiro atoms. The van der Waals surface area contributed by atoms with E-state index in [0.29, 0.717) is 29.4 Å². The molecule has 4 aromatic heterocycles. The summed E-state index contributed by atoms with van der Waals surface area (Å²) >= 11 is 0. The highest BCUT2D eigenvalue weighted by Crippen LogP contribution is 2.20. The lowest BCUT2D eigenvalue weighted by molar-refractivity contribution is 0.619. The Bertz CT molecular complexity index is 1010. The van der Waals surface area contributed by atoms with Crippen LogP contribution in [0.3, 0.4) is 0 Å². The molecule has 0 fully saturated rings. The van der Waals surface area contributed by atoms with Crippen LogP contribution in [0.5, 0.6) is 0 Å². The Kier molecular flexibility index (Phi) is 3.38. The van der Waals surface area contributed by atoms with Crippen LogP contribution in [0, 0.1) is 5.82 Å². The molecule has 118 valence electrons. The van der Waals surface area contributed by atoms with Gasteiger partial charge in [0.2, 0.25) is 0 Å². The summed E-state index contributed by atoms with van der Waals surface area (Å²) in [6.45, 7) is 0. The first-order valence-corrected chi connectivity index (χ1v) is 7.35. The van der Waals surface area contributed by atoms with E-state index in [9.17, 15) is 4.39 Å². The SMILES string of the molecule is Nc1nc(-c2cnc3ccc(F)cn23)ncc1Cc1ccccn1. The van der Waals surface area contributed by atoms with Crippen molar-refractivity contribution < 1.29 is 4.39 Å². The number of nitrogens with zero attached hydrogens (tertiary/aromatic N) is 5. The maximum atomic E-state index is 13.5. The van der Waals surface area contributed by atoms with Gasteiger partial charge < -0.3 is 5.73 Å². The minimum absolute atomic E-state index is 0.360. The van der Waals surface area contributed by atoms with E-state index < -0.39 is 0 Å². The molecule has 0 aliphatic heterocycles. The Morgan fingerprint density at radius 2 is 1.96 bits per heavy atom. The molecule has 0 bridgehead atoms. The number of imidazole rings is 1. The van der Waals surface area contributed by atoms with Crippen molar-refractivity contribution in [2.75, 3.05) is 5.73 Å². The van der Waals surface area contributed by atoms with Crippen LogP contribution in [-0.2, 0) is 6.42 Å². The van der Waals surface area contributed by atoms with Crippen LogP contribution in [0.4, 0.5) is 10.2 Å². The third kappa shape index (κ3) is 2.56. The highest BCUT2D eigenvalue weighted by molar-refractivity contribution is 5.59. The zero-order chi connectivity index (χ0) is 16.5. The molecule has 4 rings (SSSR count). The van der Waals surface area contributed by atoms with E-state index in [4.69, 9.17) is 5.73 Å². The molecule has 4 aromatic rings. The Morgan fingerprint density at radius 3 is 2.75 bits per heavy atom. The molecule has 0 aromatic carbocycles. The maximum absolute atomic E-state index is 13.5. The van der Waals surface area contributed by atoms with Gasteiger partial charge in [0.15, 0.2) is 5.82 Å². The second-order valence-electron chi connectivity index (χ2n) is 5.32. The minimum Gasteiger partial charge on any atom is -0.383 e. The molecular weight excluding hydrogens is 307 g/mol. The molecule has 0 saturated carbocycles. The van der Waals surface area contributed by atoms with Crippen LogP contribution in [-0.4, -0.2) is 24.3 Å². The van der Waals surface area contributed by atoms with Crippen molar-refractivity contribution in [2.24, 2.45) is 0 Å². The number of pyridine rings is 2. The van der Waals surface area contributed by atoms with Gasteiger partial charge in [0.1, 0.15) is 23.0 Å². The fourth-order valence-electron chi connectivity index (χ4n) is 2.50. The zero-order valence-electron chi connectivity index (χ0n) is 12.6. The van der Waals surface area contributed by atoms with E-state index in [-0.39, 0.29) is 5.82 Å². The largest absolute Gasteiger partial charge is 0.383 e. The molecule has 2 N–H and O–H groups in total. The lowest BCUT2D eigenvalue weighted by Crippen LogP contribution is -2.04. The summed E-state index contributed by atoms with van der Waals surface area (Å²) in [5, 5.41) is 0. The molecule has 0 aliphatic carbocycles. The summed E-state index contributed by atoms with van der Waals surface area (Å²) in [6.07, 6.45) is 6.90. The van der Waals surface area contributed by atoms with Gasteiger partial charge >= 0.3 is 0 Å². The Morgan fingerprint density at radius 1 is 1.04 bits per heavy atom. The number of anilines is 1. The summed E-state index contributed by atoms with van der Waals surface area (Å²) in [5.74, 6) is 0.411. The van der Waals surface area contributed by atoms with Gasteiger partial charge in [-0.1, -0.05) is 6.07 Å². The Labute approximate surface area is 136 Å². The molecule has 0 saturated heterocycles. The zero-order valence-corrected chi connectivity index (χ0v) is 12.6. The topological polar surface area (TPSA) is 82.0 Å². The van der Waals surface area contributed by atoms with Gasteiger partial charge in [0, 0.05) is 36.3 Å². The van der Waals surface area contributed by atoms with Crippen LogP contribution < -0.4 is 5.73 Å². The first-order valence-electron chi connectivity index (χ1n) is 7.35. The number of nitrogens with two attached hydrogens (primary N) is 1. The normalized spacial score (nSPS) is 11.0. The number of aromatic nitrogens is 5. The van der Waals surface area contributed by atoms with Crippen LogP contribution in [0.15, 0.2) is 55.1 Å². The van der Waals surface area contributed by atoms with Gasteiger partial charge in [-0.2, -0.15) is 0 Å². The van der Waals surface area contributed by atoms with Gasteiger partial charge in [0.05, 0.1) is 6.20 Å². The van der Waals surface area contributed by atoms with Crippen molar-refractivity contribution in [2.45, 2.75) is 6.42 Å². The lowest BCUT2D eigenvalue weighted by Gasteiger charge is -2.06. The summed E-state index contributed by atoms with van der Waals surface area (Å²) in [6, 6.07) is 8.65. The van der Waals surface area contributed by atoms with Gasteiger partial charge in [-0.3, -0.25) is 9.38 Å². The second-order valence-corrected chi connectivity index (χ2v) is 5.32. The maximum Gasteiger partial charge on any atom is 0.180 e. The molecule has 0 aliphatic rings. The summed E-state index contributed by atoms with van der Waals surface area (Å²) in [5.41, 5.74) is 8.94. The van der Waals surface area contributed by atoms with E-state index >= 15 is 0 Å². The molecule has 0 atom stereocenters. The third-order valence-electron chi connectivity index (χ3n) is 3.69. The second kappa shape index (κ2) is 5.69. The first kappa shape index (κ1) is 14.3. The van der Waals surface area contributed by atoms with Gasteiger partial charge in [-0.15, -0.1) is 0 Å². The van der Waals surface area contributed by atoms with Gasteiger partial charge in [-0.05, 0) is 24.3 Å². The van der Waals surface area contributed by atoms with Crippen LogP contribution in [0.2, 0.25) is 0 Å². The smallest absolute Gasteiger partial charge is 0.180 e. The Balaban J connectivity index is 1.72. The monoisotopic (exact) mass is 320 g/mol. The summed E-state index contributed by atoms with van der Waals surface area (Å²) in [7, 11) is 0. The summed E-state index contributed by atoms with van der Waals surface area (Å²) < 4.78 is 15.1. The van der Waals surface area contributed by atoms with Crippen molar-refractivity contribution >= 4 is 11.5 Å². The number of rotatable bonds is 3. The minimum atomic E-state index is -0.360. The van der Waals surface area contributed by atoms with Crippen molar-refractivity contribution in [3.8, 4) is 11.5 Å². The molecule has 6 nitrogen and oxygen atoms in total. The lowest BCUT2D eigenvalue weighted by atomic mass is 10.1. The number of hydrogen-bond acceptors (Lipinski definition) is 5. The molecule has 24 heavy (non-hydrogen) atoms. The fourth-order valence-corrected chi connectivity index (χ4v) is 2.50. The predicted octanol–water partition coefficient (Wildman–Crippen LogP) is 2.50.